The second-order valence-corrected chi connectivity index (χ2v) is 10.5. The number of benzene rings is 3. The minimum atomic E-state index is -0.388. The molecule has 0 unspecified atom stereocenters. The first kappa shape index (κ1) is 23.1. The van der Waals surface area contributed by atoms with Crippen molar-refractivity contribution in [2.75, 3.05) is 6.61 Å². The third kappa shape index (κ3) is 4.38. The van der Waals surface area contributed by atoms with Crippen molar-refractivity contribution in [3.05, 3.63) is 110 Å². The van der Waals surface area contributed by atoms with Crippen LogP contribution < -0.4 is 14.2 Å². The number of ether oxygens (including phenoxy) is 3. The molecule has 36 heavy (non-hydrogen) atoms. The maximum atomic E-state index is 6.56. The molecule has 2 atom stereocenters. The van der Waals surface area contributed by atoms with Crippen LogP contribution in [0.4, 0.5) is 0 Å². The van der Waals surface area contributed by atoms with E-state index >= 15 is 0 Å². The van der Waals surface area contributed by atoms with Gasteiger partial charge in [-0.15, -0.1) is 11.3 Å². The lowest BCUT2D eigenvalue weighted by atomic mass is 9.97. The zero-order valence-corrected chi connectivity index (χ0v) is 22.2. The number of rotatable bonds is 7. The van der Waals surface area contributed by atoms with Crippen molar-refractivity contribution < 1.29 is 14.2 Å². The number of fused-ring (bicyclic) bond motifs is 3. The summed E-state index contributed by atoms with van der Waals surface area (Å²) in [4.78, 5) is 1.20. The first-order valence-corrected chi connectivity index (χ1v) is 13.7. The molecule has 2 aliphatic rings. The van der Waals surface area contributed by atoms with Gasteiger partial charge in [0.25, 0.3) is 0 Å². The van der Waals surface area contributed by atoms with Crippen LogP contribution >= 0.6 is 27.3 Å². The molecule has 0 saturated carbocycles. The molecular weight excluding hydrogens is 536 g/mol. The molecule has 6 rings (SSSR count). The average Bonchev–Trinajstić information content (AvgIpc) is 3.59. The van der Waals surface area contributed by atoms with E-state index in [2.05, 4.69) is 56.7 Å². The maximum Gasteiger partial charge on any atom is 0.214 e. The molecule has 3 heterocycles. The zero-order valence-electron chi connectivity index (χ0n) is 19.8. The van der Waals surface area contributed by atoms with Crippen molar-refractivity contribution in [2.24, 2.45) is 5.10 Å². The number of thiophene rings is 1. The van der Waals surface area contributed by atoms with Crippen molar-refractivity contribution in [3.8, 4) is 17.2 Å². The topological polar surface area (TPSA) is 43.3 Å². The van der Waals surface area contributed by atoms with Crippen molar-refractivity contribution in [1.82, 2.24) is 5.01 Å². The van der Waals surface area contributed by atoms with Crippen LogP contribution in [0, 0.1) is 0 Å². The van der Waals surface area contributed by atoms with Crippen LogP contribution in [0.25, 0.3) is 0 Å². The van der Waals surface area contributed by atoms with E-state index in [1.54, 1.807) is 11.3 Å². The van der Waals surface area contributed by atoms with Gasteiger partial charge in [-0.05, 0) is 58.1 Å². The van der Waals surface area contributed by atoms with Crippen LogP contribution in [-0.4, -0.2) is 17.3 Å². The first-order chi connectivity index (χ1) is 17.7. The monoisotopic (exact) mass is 560 g/mol. The Balaban J connectivity index is 1.37. The Morgan fingerprint density at radius 2 is 1.86 bits per heavy atom. The van der Waals surface area contributed by atoms with Gasteiger partial charge in [0.15, 0.2) is 11.5 Å². The molecular formula is C29H25BrN2O3S. The SMILES string of the molecule is CCOc1cc([C@H]2Oc3ccccc3[C@H]3CC(c4cccs4)=NN32)cc(Br)c1OCc1ccccc1. The van der Waals surface area contributed by atoms with Crippen LogP contribution in [0.5, 0.6) is 17.2 Å². The number of hydrazone groups is 1. The zero-order chi connectivity index (χ0) is 24.5. The molecule has 0 fully saturated rings. The van der Waals surface area contributed by atoms with E-state index in [1.165, 1.54) is 4.88 Å². The first-order valence-electron chi connectivity index (χ1n) is 12.0. The summed E-state index contributed by atoms with van der Waals surface area (Å²) in [5, 5.41) is 9.25. The number of nitrogens with zero attached hydrogens (tertiary/aromatic N) is 2. The van der Waals surface area contributed by atoms with E-state index in [0.29, 0.717) is 24.7 Å². The molecule has 7 heteroatoms. The molecule has 0 radical (unpaired) electrons. The van der Waals surface area contributed by atoms with Gasteiger partial charge >= 0.3 is 0 Å². The van der Waals surface area contributed by atoms with E-state index in [0.717, 1.165) is 39.0 Å². The Morgan fingerprint density at radius 3 is 2.67 bits per heavy atom. The molecule has 182 valence electrons. The predicted molar refractivity (Wildman–Crippen MR) is 146 cm³/mol. The Labute approximate surface area is 223 Å². The van der Waals surface area contributed by atoms with Crippen LogP contribution in [0.1, 0.15) is 47.2 Å². The van der Waals surface area contributed by atoms with E-state index < -0.39 is 0 Å². The third-order valence-corrected chi connectivity index (χ3v) is 7.86. The van der Waals surface area contributed by atoms with Gasteiger partial charge in [-0.25, -0.2) is 5.01 Å². The highest BCUT2D eigenvalue weighted by atomic mass is 79.9. The highest BCUT2D eigenvalue weighted by molar-refractivity contribution is 9.10. The van der Waals surface area contributed by atoms with Crippen LogP contribution in [0.3, 0.4) is 0 Å². The maximum absolute atomic E-state index is 6.56. The molecule has 5 nitrogen and oxygen atoms in total. The fraction of sp³-hybridized carbons (Fsp3) is 0.207. The normalized spacial score (nSPS) is 18.2. The molecule has 0 spiro atoms. The quantitative estimate of drug-likeness (QED) is 0.232. The minimum absolute atomic E-state index is 0.111. The molecule has 2 aliphatic heterocycles. The van der Waals surface area contributed by atoms with Crippen molar-refractivity contribution in [1.29, 1.82) is 0 Å². The van der Waals surface area contributed by atoms with E-state index in [1.807, 2.05) is 55.5 Å². The summed E-state index contributed by atoms with van der Waals surface area (Å²) in [5.74, 6) is 2.25. The average molecular weight is 562 g/mol. The second kappa shape index (κ2) is 9.99. The molecule has 0 saturated heterocycles. The highest BCUT2D eigenvalue weighted by Crippen LogP contribution is 2.49. The van der Waals surface area contributed by atoms with Crippen molar-refractivity contribution in [2.45, 2.75) is 32.2 Å². The van der Waals surface area contributed by atoms with Gasteiger partial charge in [-0.2, -0.15) is 5.10 Å². The summed E-state index contributed by atoms with van der Waals surface area (Å²) in [6.45, 7) is 2.96. The Morgan fingerprint density at radius 1 is 1.03 bits per heavy atom. The van der Waals surface area contributed by atoms with E-state index in [9.17, 15) is 0 Å². The Bertz CT molecular complexity index is 1390. The molecule has 0 N–H and O–H groups in total. The smallest absolute Gasteiger partial charge is 0.214 e. The molecule has 0 bridgehead atoms. The van der Waals surface area contributed by atoms with Crippen LogP contribution in [-0.2, 0) is 6.61 Å². The lowest BCUT2D eigenvalue weighted by molar-refractivity contribution is -0.0192. The fourth-order valence-corrected chi connectivity index (χ4v) is 6.00. The van der Waals surface area contributed by atoms with Gasteiger partial charge in [0.05, 0.1) is 27.7 Å². The number of hydrogen-bond acceptors (Lipinski definition) is 6. The highest BCUT2D eigenvalue weighted by Gasteiger charge is 2.41. The Hall–Kier alpha value is -3.29. The standard InChI is InChI=1S/C29H25BrN2O3S/c1-2-33-26-16-20(15-22(30)28(26)34-18-19-9-4-3-5-10-19)29-32-24(21-11-6-7-12-25(21)35-29)17-23(31-32)27-13-8-14-36-27/h3-16,24,29H,2,17-18H2,1H3/t24-,29-/m1/s1. The number of para-hydroxylation sites is 1. The summed E-state index contributed by atoms with van der Waals surface area (Å²) in [7, 11) is 0. The van der Waals surface area contributed by atoms with Gasteiger partial charge in [0.2, 0.25) is 6.23 Å². The van der Waals surface area contributed by atoms with Crippen molar-refractivity contribution in [3.63, 3.8) is 0 Å². The van der Waals surface area contributed by atoms with Gasteiger partial charge in [-0.1, -0.05) is 54.6 Å². The number of halogens is 1. The predicted octanol–water partition coefficient (Wildman–Crippen LogP) is 7.73. The summed E-state index contributed by atoms with van der Waals surface area (Å²) in [6.07, 6.45) is 0.454. The summed E-state index contributed by atoms with van der Waals surface area (Å²) >= 11 is 5.46. The van der Waals surface area contributed by atoms with E-state index in [4.69, 9.17) is 19.3 Å². The van der Waals surface area contributed by atoms with Crippen LogP contribution in [0.15, 0.2) is 93.8 Å². The minimum Gasteiger partial charge on any atom is -0.490 e. The van der Waals surface area contributed by atoms with Gasteiger partial charge in [0, 0.05) is 17.5 Å². The largest absolute Gasteiger partial charge is 0.490 e. The van der Waals surface area contributed by atoms with Gasteiger partial charge < -0.3 is 14.2 Å². The molecule has 3 aromatic carbocycles. The lowest BCUT2D eigenvalue weighted by Crippen LogP contribution is -2.33. The second-order valence-electron chi connectivity index (χ2n) is 8.67. The van der Waals surface area contributed by atoms with E-state index in [-0.39, 0.29) is 12.3 Å². The van der Waals surface area contributed by atoms with Gasteiger partial charge in [0.1, 0.15) is 12.4 Å². The lowest BCUT2D eigenvalue weighted by Gasteiger charge is -2.38. The molecule has 4 aromatic rings. The summed E-state index contributed by atoms with van der Waals surface area (Å²) in [6, 6.07) is 26.8. The molecule has 1 aromatic heterocycles. The summed E-state index contributed by atoms with van der Waals surface area (Å²) in [5.41, 5.74) is 4.30. The van der Waals surface area contributed by atoms with Crippen molar-refractivity contribution >= 4 is 33.0 Å². The Kier molecular flexibility index (Phi) is 6.42. The third-order valence-electron chi connectivity index (χ3n) is 6.35. The number of hydrogen-bond donors (Lipinski definition) is 0. The molecule has 0 aliphatic carbocycles. The fourth-order valence-electron chi connectivity index (χ4n) is 4.71. The van der Waals surface area contributed by atoms with Crippen LogP contribution in [0.2, 0.25) is 0 Å². The summed E-state index contributed by atoms with van der Waals surface area (Å²) < 4.78 is 19.6. The van der Waals surface area contributed by atoms with Gasteiger partial charge in [-0.3, -0.25) is 0 Å². The molecule has 0 amide bonds.